The van der Waals surface area contributed by atoms with Gasteiger partial charge in [0.15, 0.2) is 0 Å². The molecule has 1 rings (SSSR count). The van der Waals surface area contributed by atoms with Crippen molar-refractivity contribution in [2.24, 2.45) is 0 Å². The Balaban J connectivity index is 2.70. The van der Waals surface area contributed by atoms with Crippen LogP contribution >= 0.6 is 0 Å². The van der Waals surface area contributed by atoms with Crippen molar-refractivity contribution in [3.05, 3.63) is 42.5 Å². The summed E-state index contributed by atoms with van der Waals surface area (Å²) in [5, 5.41) is 2.59. The Hall–Kier alpha value is -1.98. The van der Waals surface area contributed by atoms with E-state index in [1.54, 1.807) is 6.92 Å². The molecule has 1 amide bonds. The lowest BCUT2D eigenvalue weighted by Crippen LogP contribution is -2.24. The molecule has 0 aliphatic rings. The summed E-state index contributed by atoms with van der Waals surface area (Å²) in [7, 11) is 0. The zero-order valence-corrected chi connectivity index (χ0v) is 9.62. The van der Waals surface area contributed by atoms with Gasteiger partial charge in [-0.2, -0.15) is 0 Å². The minimum Gasteiger partial charge on any atom is -0.406 e. The SMILES string of the molecule is C=CC(=O)N[C@H](C)c1ccc(OC(F)(F)F)cc1. The number of nitrogens with one attached hydrogen (secondary N) is 1. The second-order valence-corrected chi connectivity index (χ2v) is 3.55. The maximum Gasteiger partial charge on any atom is 0.573 e. The Morgan fingerprint density at radius 1 is 1.39 bits per heavy atom. The van der Waals surface area contributed by atoms with Gasteiger partial charge in [-0.3, -0.25) is 4.79 Å². The van der Waals surface area contributed by atoms with Gasteiger partial charge in [0.1, 0.15) is 5.75 Å². The third kappa shape index (κ3) is 4.48. The minimum atomic E-state index is -4.70. The van der Waals surface area contributed by atoms with Crippen LogP contribution in [0, 0.1) is 0 Å². The summed E-state index contributed by atoms with van der Waals surface area (Å²) in [6, 6.07) is 4.97. The molecular weight excluding hydrogens is 247 g/mol. The molecule has 0 saturated heterocycles. The van der Waals surface area contributed by atoms with E-state index in [4.69, 9.17) is 0 Å². The number of benzene rings is 1. The maximum absolute atomic E-state index is 11.9. The van der Waals surface area contributed by atoms with Gasteiger partial charge in [-0.25, -0.2) is 0 Å². The quantitative estimate of drug-likeness (QED) is 0.844. The summed E-state index contributed by atoms with van der Waals surface area (Å²) < 4.78 is 39.5. The Kier molecular flexibility index (Phi) is 4.36. The number of amides is 1. The smallest absolute Gasteiger partial charge is 0.406 e. The average Bonchev–Trinajstić information content (AvgIpc) is 2.27. The molecule has 18 heavy (non-hydrogen) atoms. The molecule has 1 aromatic rings. The Morgan fingerprint density at radius 3 is 2.39 bits per heavy atom. The lowest BCUT2D eigenvalue weighted by molar-refractivity contribution is -0.274. The predicted octanol–water partition coefficient (Wildman–Crippen LogP) is 2.95. The van der Waals surface area contributed by atoms with Crippen molar-refractivity contribution in [2.45, 2.75) is 19.3 Å². The van der Waals surface area contributed by atoms with Gasteiger partial charge in [0.2, 0.25) is 5.91 Å². The van der Waals surface area contributed by atoms with Crippen LogP contribution in [0.1, 0.15) is 18.5 Å². The Bertz CT molecular complexity index is 426. The third-order valence-corrected chi connectivity index (χ3v) is 2.16. The van der Waals surface area contributed by atoms with Gasteiger partial charge in [0.25, 0.3) is 0 Å². The molecule has 0 saturated carbocycles. The fourth-order valence-corrected chi connectivity index (χ4v) is 1.31. The van der Waals surface area contributed by atoms with E-state index in [2.05, 4.69) is 16.6 Å². The van der Waals surface area contributed by atoms with E-state index >= 15 is 0 Å². The molecule has 0 aliphatic carbocycles. The number of hydrogen-bond acceptors (Lipinski definition) is 2. The third-order valence-electron chi connectivity index (χ3n) is 2.16. The van der Waals surface area contributed by atoms with Crippen molar-refractivity contribution < 1.29 is 22.7 Å². The van der Waals surface area contributed by atoms with Crippen molar-refractivity contribution in [1.29, 1.82) is 0 Å². The summed E-state index contributed by atoms with van der Waals surface area (Å²) in [5.74, 6) is -0.647. The summed E-state index contributed by atoms with van der Waals surface area (Å²) >= 11 is 0. The van der Waals surface area contributed by atoms with Crippen molar-refractivity contribution in [3.63, 3.8) is 0 Å². The Morgan fingerprint density at radius 2 is 1.94 bits per heavy atom. The van der Waals surface area contributed by atoms with Crippen LogP contribution < -0.4 is 10.1 Å². The molecular formula is C12H12F3NO2. The van der Waals surface area contributed by atoms with Crippen molar-refractivity contribution in [3.8, 4) is 5.75 Å². The molecule has 0 fully saturated rings. The van der Waals surface area contributed by atoms with Gasteiger partial charge in [0, 0.05) is 0 Å². The van der Waals surface area contributed by atoms with Crippen LogP contribution in [0.3, 0.4) is 0 Å². The molecule has 0 radical (unpaired) electrons. The van der Waals surface area contributed by atoms with E-state index in [0.717, 1.165) is 6.08 Å². The largest absolute Gasteiger partial charge is 0.573 e. The van der Waals surface area contributed by atoms with E-state index in [1.807, 2.05) is 0 Å². The molecule has 1 atom stereocenters. The number of ether oxygens (including phenoxy) is 1. The number of carbonyl (C=O) groups is 1. The predicted molar refractivity (Wildman–Crippen MR) is 59.9 cm³/mol. The molecule has 0 bridgehead atoms. The van der Waals surface area contributed by atoms with Crippen LogP contribution in [0.5, 0.6) is 5.75 Å². The number of hydrogen-bond donors (Lipinski definition) is 1. The highest BCUT2D eigenvalue weighted by Crippen LogP contribution is 2.24. The molecule has 0 heterocycles. The Labute approximate surface area is 102 Å². The first-order valence-corrected chi connectivity index (χ1v) is 5.10. The van der Waals surface area contributed by atoms with Crippen LogP contribution in [0.15, 0.2) is 36.9 Å². The monoisotopic (exact) mass is 259 g/mol. The van der Waals surface area contributed by atoms with Gasteiger partial charge in [-0.05, 0) is 30.7 Å². The van der Waals surface area contributed by atoms with Crippen LogP contribution in [-0.2, 0) is 4.79 Å². The maximum atomic E-state index is 11.9. The second kappa shape index (κ2) is 5.57. The van der Waals surface area contributed by atoms with Gasteiger partial charge in [0.05, 0.1) is 6.04 Å². The number of alkyl halides is 3. The standard InChI is InChI=1S/C12H12F3NO2/c1-3-11(17)16-8(2)9-4-6-10(7-5-9)18-12(13,14)15/h3-8H,1H2,2H3,(H,16,17)/t8-/m1/s1. The molecule has 98 valence electrons. The highest BCUT2D eigenvalue weighted by Gasteiger charge is 2.30. The fourth-order valence-electron chi connectivity index (χ4n) is 1.31. The molecule has 0 aliphatic heterocycles. The van der Waals surface area contributed by atoms with E-state index in [-0.39, 0.29) is 17.7 Å². The highest BCUT2D eigenvalue weighted by atomic mass is 19.4. The second-order valence-electron chi connectivity index (χ2n) is 3.55. The number of carbonyl (C=O) groups excluding carboxylic acids is 1. The van der Waals surface area contributed by atoms with Crippen LogP contribution in [-0.4, -0.2) is 12.3 Å². The molecule has 6 heteroatoms. The van der Waals surface area contributed by atoms with Crippen molar-refractivity contribution in [1.82, 2.24) is 5.32 Å². The van der Waals surface area contributed by atoms with Gasteiger partial charge < -0.3 is 10.1 Å². The first kappa shape index (κ1) is 14.1. The first-order valence-electron chi connectivity index (χ1n) is 5.10. The van der Waals surface area contributed by atoms with Gasteiger partial charge in [-0.15, -0.1) is 13.2 Å². The van der Waals surface area contributed by atoms with E-state index in [1.165, 1.54) is 24.3 Å². The molecule has 1 aromatic carbocycles. The van der Waals surface area contributed by atoms with Crippen LogP contribution in [0.25, 0.3) is 0 Å². The average molecular weight is 259 g/mol. The summed E-state index contributed by atoms with van der Waals surface area (Å²) in [5.41, 5.74) is 0.666. The van der Waals surface area contributed by atoms with Gasteiger partial charge in [-0.1, -0.05) is 18.7 Å². The molecule has 3 nitrogen and oxygen atoms in total. The topological polar surface area (TPSA) is 38.3 Å². The fraction of sp³-hybridized carbons (Fsp3) is 0.250. The van der Waals surface area contributed by atoms with Crippen molar-refractivity contribution in [2.75, 3.05) is 0 Å². The van der Waals surface area contributed by atoms with E-state index in [0.29, 0.717) is 5.56 Å². The summed E-state index contributed by atoms with van der Waals surface area (Å²) in [6.07, 6.45) is -3.58. The van der Waals surface area contributed by atoms with Gasteiger partial charge >= 0.3 is 6.36 Å². The van der Waals surface area contributed by atoms with Crippen LogP contribution in [0.2, 0.25) is 0 Å². The van der Waals surface area contributed by atoms with E-state index < -0.39 is 6.36 Å². The molecule has 0 spiro atoms. The molecule has 0 aromatic heterocycles. The summed E-state index contributed by atoms with van der Waals surface area (Å²) in [4.78, 5) is 11.0. The lowest BCUT2D eigenvalue weighted by Gasteiger charge is -2.14. The first-order chi connectivity index (χ1) is 8.31. The normalized spacial score (nSPS) is 12.7. The minimum absolute atomic E-state index is 0.298. The van der Waals surface area contributed by atoms with E-state index in [9.17, 15) is 18.0 Å². The zero-order chi connectivity index (χ0) is 13.8. The molecule has 1 N–H and O–H groups in total. The highest BCUT2D eigenvalue weighted by molar-refractivity contribution is 5.87. The lowest BCUT2D eigenvalue weighted by atomic mass is 10.1. The van der Waals surface area contributed by atoms with Crippen LogP contribution in [0.4, 0.5) is 13.2 Å². The van der Waals surface area contributed by atoms with Crippen molar-refractivity contribution >= 4 is 5.91 Å². The molecule has 0 unspecified atom stereocenters. The zero-order valence-electron chi connectivity index (χ0n) is 9.62. The number of rotatable bonds is 4. The summed E-state index contributed by atoms with van der Waals surface area (Å²) in [6.45, 7) is 5.01. The number of halogens is 3.